The van der Waals surface area contributed by atoms with Gasteiger partial charge in [-0.25, -0.2) is 0 Å². The van der Waals surface area contributed by atoms with Crippen LogP contribution in [0.3, 0.4) is 0 Å². The van der Waals surface area contributed by atoms with Crippen LogP contribution in [0.1, 0.15) is 59.7 Å². The zero-order valence-corrected chi connectivity index (χ0v) is 20.2. The first kappa shape index (κ1) is 22.2. The van der Waals surface area contributed by atoms with Crippen molar-refractivity contribution in [2.75, 3.05) is 30.4 Å². The van der Waals surface area contributed by atoms with E-state index in [2.05, 4.69) is 58.0 Å². The molecule has 1 unspecified atom stereocenters. The summed E-state index contributed by atoms with van der Waals surface area (Å²) in [6.07, 6.45) is 7.89. The van der Waals surface area contributed by atoms with Crippen LogP contribution in [0.5, 0.6) is 0 Å². The van der Waals surface area contributed by atoms with Gasteiger partial charge in [0.05, 0.1) is 4.88 Å². The molecule has 2 aromatic carbocycles. The summed E-state index contributed by atoms with van der Waals surface area (Å²) in [5.41, 5.74) is 4.70. The third-order valence-corrected chi connectivity index (χ3v) is 8.32. The molecule has 5 rings (SSSR count). The van der Waals surface area contributed by atoms with Crippen molar-refractivity contribution in [3.63, 3.8) is 0 Å². The summed E-state index contributed by atoms with van der Waals surface area (Å²) in [5.74, 6) is 0.674. The molecular formula is C28H33N3OS. The number of hydrogen-bond donors (Lipinski definition) is 2. The van der Waals surface area contributed by atoms with E-state index in [9.17, 15) is 4.79 Å². The van der Waals surface area contributed by atoms with Crippen LogP contribution in [0.2, 0.25) is 0 Å². The summed E-state index contributed by atoms with van der Waals surface area (Å²) in [4.78, 5) is 17.1. The largest absolute Gasteiger partial charge is 0.370 e. The third-order valence-electron chi connectivity index (χ3n) is 7.19. The van der Waals surface area contributed by atoms with Gasteiger partial charge in [0.1, 0.15) is 0 Å². The van der Waals surface area contributed by atoms with E-state index in [1.807, 2.05) is 25.2 Å². The first-order chi connectivity index (χ1) is 16.2. The van der Waals surface area contributed by atoms with Crippen LogP contribution >= 0.6 is 11.3 Å². The van der Waals surface area contributed by atoms with Crippen molar-refractivity contribution in [2.45, 2.75) is 50.5 Å². The fourth-order valence-corrected chi connectivity index (χ4v) is 6.06. The second-order valence-corrected chi connectivity index (χ2v) is 10.4. The Hall–Kier alpha value is -2.63. The molecule has 1 aliphatic carbocycles. The molecule has 172 valence electrons. The van der Waals surface area contributed by atoms with E-state index < -0.39 is 0 Å². The average Bonchev–Trinajstić information content (AvgIpc) is 3.56. The fraction of sp³-hybridized carbons (Fsp3) is 0.393. The lowest BCUT2D eigenvalue weighted by atomic mass is 9.84. The number of nitrogens with zero attached hydrogens (tertiary/aromatic N) is 1. The molecule has 1 aliphatic heterocycles. The van der Waals surface area contributed by atoms with Gasteiger partial charge in [-0.05, 0) is 79.8 Å². The molecule has 2 N–H and O–H groups in total. The van der Waals surface area contributed by atoms with Gasteiger partial charge in [-0.3, -0.25) is 4.79 Å². The minimum absolute atomic E-state index is 0.0470. The Balaban J connectivity index is 1.20. The maximum absolute atomic E-state index is 12.8. The van der Waals surface area contributed by atoms with Gasteiger partial charge in [-0.15, -0.1) is 11.3 Å². The maximum Gasteiger partial charge on any atom is 0.265 e. The lowest BCUT2D eigenvalue weighted by Crippen LogP contribution is -2.29. The third kappa shape index (κ3) is 5.15. The van der Waals surface area contributed by atoms with Gasteiger partial charge in [0.2, 0.25) is 0 Å². The van der Waals surface area contributed by atoms with Crippen LogP contribution in [0.4, 0.5) is 11.4 Å². The first-order valence-corrected chi connectivity index (χ1v) is 13.0. The van der Waals surface area contributed by atoms with Gasteiger partial charge in [-0.1, -0.05) is 43.5 Å². The van der Waals surface area contributed by atoms with Crippen molar-refractivity contribution >= 4 is 28.6 Å². The topological polar surface area (TPSA) is 44.4 Å². The van der Waals surface area contributed by atoms with Gasteiger partial charge in [0.15, 0.2) is 0 Å². The molecule has 1 amide bonds. The van der Waals surface area contributed by atoms with Crippen molar-refractivity contribution in [1.82, 2.24) is 5.32 Å². The van der Waals surface area contributed by atoms with Crippen LogP contribution < -0.4 is 15.5 Å². The molecule has 0 bridgehead atoms. The van der Waals surface area contributed by atoms with Crippen LogP contribution in [0.25, 0.3) is 10.4 Å². The highest BCUT2D eigenvalue weighted by Crippen LogP contribution is 2.35. The quantitative estimate of drug-likeness (QED) is 0.441. The minimum Gasteiger partial charge on any atom is -0.370 e. The van der Waals surface area contributed by atoms with E-state index in [1.165, 1.54) is 55.3 Å². The number of amides is 1. The van der Waals surface area contributed by atoms with E-state index in [-0.39, 0.29) is 5.91 Å². The number of rotatable bonds is 6. The standard InChI is InChI=1S/C28H33N3OS/c1-29-24-17-18-31(19-24)25-13-11-23(12-14-25)30-28(32)27-16-15-26(33-27)22-9-7-21(8-10-22)20-5-3-2-4-6-20/h7-16,20,24,29H,2-6,17-19H2,1H3,(H,30,32). The fourth-order valence-electron chi connectivity index (χ4n) is 5.15. The predicted molar refractivity (Wildman–Crippen MR) is 140 cm³/mol. The Labute approximate surface area is 201 Å². The van der Waals surface area contributed by atoms with E-state index >= 15 is 0 Å². The maximum atomic E-state index is 12.8. The smallest absolute Gasteiger partial charge is 0.265 e. The Morgan fingerprint density at radius 1 is 0.909 bits per heavy atom. The van der Waals surface area contributed by atoms with E-state index in [1.54, 1.807) is 11.3 Å². The van der Waals surface area contributed by atoms with Crippen molar-refractivity contribution < 1.29 is 4.79 Å². The molecule has 0 spiro atoms. The summed E-state index contributed by atoms with van der Waals surface area (Å²) >= 11 is 1.55. The molecule has 1 saturated heterocycles. The van der Waals surface area contributed by atoms with Gasteiger partial charge in [-0.2, -0.15) is 0 Å². The molecule has 1 saturated carbocycles. The average molecular weight is 460 g/mol. The second kappa shape index (κ2) is 10.1. The monoisotopic (exact) mass is 459 g/mol. The molecule has 4 nitrogen and oxygen atoms in total. The van der Waals surface area contributed by atoms with Crippen LogP contribution in [-0.4, -0.2) is 32.1 Å². The van der Waals surface area contributed by atoms with Gasteiger partial charge >= 0.3 is 0 Å². The Kier molecular flexibility index (Phi) is 6.79. The highest BCUT2D eigenvalue weighted by molar-refractivity contribution is 7.17. The Morgan fingerprint density at radius 3 is 2.36 bits per heavy atom. The Morgan fingerprint density at radius 2 is 1.67 bits per heavy atom. The van der Waals surface area contributed by atoms with Crippen molar-refractivity contribution in [1.29, 1.82) is 0 Å². The molecule has 5 heteroatoms. The number of nitrogens with one attached hydrogen (secondary N) is 2. The summed E-state index contributed by atoms with van der Waals surface area (Å²) in [5, 5.41) is 6.41. The zero-order valence-electron chi connectivity index (χ0n) is 19.3. The SMILES string of the molecule is CNC1CCN(c2ccc(NC(=O)c3ccc(-c4ccc(C5CCCCC5)cc4)s3)cc2)C1. The molecular weight excluding hydrogens is 426 g/mol. The second-order valence-electron chi connectivity index (χ2n) is 9.34. The molecule has 2 heterocycles. The van der Waals surface area contributed by atoms with E-state index in [4.69, 9.17) is 0 Å². The lowest BCUT2D eigenvalue weighted by Gasteiger charge is -2.22. The minimum atomic E-state index is -0.0470. The molecule has 1 aromatic heterocycles. The molecule has 3 aromatic rings. The number of benzene rings is 2. The van der Waals surface area contributed by atoms with Gasteiger partial charge in [0, 0.05) is 35.4 Å². The molecule has 33 heavy (non-hydrogen) atoms. The summed E-state index contributed by atoms with van der Waals surface area (Å²) in [7, 11) is 2.02. The van der Waals surface area contributed by atoms with Crippen molar-refractivity contribution in [3.8, 4) is 10.4 Å². The van der Waals surface area contributed by atoms with Crippen LogP contribution in [0, 0.1) is 0 Å². The molecule has 1 atom stereocenters. The highest BCUT2D eigenvalue weighted by Gasteiger charge is 2.21. The zero-order chi connectivity index (χ0) is 22.6. The van der Waals surface area contributed by atoms with Crippen LogP contribution in [-0.2, 0) is 0 Å². The van der Waals surface area contributed by atoms with Gasteiger partial charge < -0.3 is 15.5 Å². The highest BCUT2D eigenvalue weighted by atomic mass is 32.1. The normalized spacial score (nSPS) is 19.1. The van der Waals surface area contributed by atoms with Crippen molar-refractivity contribution in [3.05, 3.63) is 71.1 Å². The van der Waals surface area contributed by atoms with Crippen molar-refractivity contribution in [2.24, 2.45) is 0 Å². The lowest BCUT2D eigenvalue weighted by molar-refractivity contribution is 0.103. The molecule has 2 aliphatic rings. The molecule has 2 fully saturated rings. The number of likely N-dealkylation sites (N-methyl/N-ethyl adjacent to an activating group) is 1. The predicted octanol–water partition coefficient (Wildman–Crippen LogP) is 6.51. The Bertz CT molecular complexity index is 1070. The summed E-state index contributed by atoms with van der Waals surface area (Å²) in [6, 6.07) is 21.7. The number of carbonyl (C=O) groups is 1. The number of anilines is 2. The van der Waals surface area contributed by atoms with E-state index in [0.717, 1.165) is 34.4 Å². The number of thiophene rings is 1. The summed E-state index contributed by atoms with van der Waals surface area (Å²) in [6.45, 7) is 2.10. The van der Waals surface area contributed by atoms with E-state index in [0.29, 0.717) is 6.04 Å². The summed E-state index contributed by atoms with van der Waals surface area (Å²) < 4.78 is 0. The van der Waals surface area contributed by atoms with Crippen LogP contribution in [0.15, 0.2) is 60.7 Å². The molecule has 0 radical (unpaired) electrons. The van der Waals surface area contributed by atoms with Gasteiger partial charge in [0.25, 0.3) is 5.91 Å². The first-order valence-electron chi connectivity index (χ1n) is 12.2. The number of hydrogen-bond acceptors (Lipinski definition) is 4. The number of carbonyl (C=O) groups excluding carboxylic acids is 1.